The minimum Gasteiger partial charge on any atom is -0.388 e. The monoisotopic (exact) mass is 444 g/mol. The van der Waals surface area contributed by atoms with E-state index in [0.717, 1.165) is 0 Å². The minimum absolute atomic E-state index is 0.348. The summed E-state index contributed by atoms with van der Waals surface area (Å²) in [4.78, 5) is 0. The lowest BCUT2D eigenvalue weighted by atomic mass is 9.99. The molecular weight excluding hydrogens is 416 g/mol. The van der Waals surface area contributed by atoms with Crippen LogP contribution < -0.4 is 0 Å². The fraction of sp³-hybridized carbons (Fsp3) is 1.00. The lowest BCUT2D eigenvalue weighted by Crippen LogP contribution is -2.61. The van der Waals surface area contributed by atoms with Gasteiger partial charge in [-0.1, -0.05) is 0 Å². The van der Waals surface area contributed by atoms with Gasteiger partial charge in [0.15, 0.2) is 18.9 Å². The second kappa shape index (κ2) is 9.93. The first kappa shape index (κ1) is 24.1. The molecule has 14 heteroatoms. The Labute approximate surface area is 170 Å². The van der Waals surface area contributed by atoms with Crippen molar-refractivity contribution in [3.05, 3.63) is 0 Å². The Bertz CT molecular complexity index is 552. The zero-order chi connectivity index (χ0) is 22.2. The Hall–Kier alpha value is -0.560. The van der Waals surface area contributed by atoms with Crippen LogP contribution in [0.3, 0.4) is 0 Å². The number of hydrogen-bond donors (Lipinski definition) is 9. The maximum absolute atomic E-state index is 10.3. The zero-order valence-corrected chi connectivity index (χ0v) is 15.7. The molecular formula is C16H28O14. The molecule has 0 aromatic carbocycles. The van der Waals surface area contributed by atoms with Crippen molar-refractivity contribution in [1.29, 1.82) is 0 Å². The van der Waals surface area contributed by atoms with Crippen molar-refractivity contribution in [3.63, 3.8) is 0 Å². The summed E-state index contributed by atoms with van der Waals surface area (Å²) in [5.74, 6) is 0. The van der Waals surface area contributed by atoms with Crippen molar-refractivity contribution in [2.24, 2.45) is 0 Å². The van der Waals surface area contributed by atoms with Gasteiger partial charge < -0.3 is 69.6 Å². The van der Waals surface area contributed by atoms with Crippen LogP contribution in [0.15, 0.2) is 0 Å². The topological polar surface area (TPSA) is 228 Å². The van der Waals surface area contributed by atoms with E-state index in [4.69, 9.17) is 23.7 Å². The number of aliphatic hydroxyl groups is 9. The highest BCUT2D eigenvalue weighted by atomic mass is 16.8. The molecule has 3 fully saturated rings. The molecule has 0 radical (unpaired) electrons. The van der Waals surface area contributed by atoms with Crippen molar-refractivity contribution >= 4 is 0 Å². The highest BCUT2D eigenvalue weighted by Gasteiger charge is 2.48. The predicted molar refractivity (Wildman–Crippen MR) is 89.2 cm³/mol. The Morgan fingerprint density at radius 1 is 0.633 bits per heavy atom. The fourth-order valence-electron chi connectivity index (χ4n) is 3.37. The van der Waals surface area contributed by atoms with E-state index in [-0.39, 0.29) is 13.2 Å². The molecule has 13 atom stereocenters. The molecule has 0 saturated carbocycles. The molecule has 0 aliphatic carbocycles. The van der Waals surface area contributed by atoms with E-state index in [1.807, 2.05) is 0 Å². The second-order valence-corrected chi connectivity index (χ2v) is 7.48. The van der Waals surface area contributed by atoms with Crippen LogP contribution in [0.5, 0.6) is 0 Å². The normalized spacial score (nSPS) is 52.9. The molecule has 14 nitrogen and oxygen atoms in total. The first-order chi connectivity index (χ1) is 14.1. The molecule has 0 aromatic rings. The quantitative estimate of drug-likeness (QED) is 0.192. The van der Waals surface area contributed by atoms with Crippen molar-refractivity contribution in [2.45, 2.75) is 79.9 Å². The van der Waals surface area contributed by atoms with Crippen LogP contribution in [0, 0.1) is 0 Å². The summed E-state index contributed by atoms with van der Waals surface area (Å²) in [6.45, 7) is -1.19. The molecule has 0 spiro atoms. The Morgan fingerprint density at radius 3 is 1.90 bits per heavy atom. The van der Waals surface area contributed by atoms with Gasteiger partial charge in [-0.2, -0.15) is 0 Å². The Balaban J connectivity index is 1.64. The van der Waals surface area contributed by atoms with Gasteiger partial charge in [0, 0.05) is 0 Å². The predicted octanol–water partition coefficient (Wildman–Crippen LogP) is -6.29. The third-order valence-electron chi connectivity index (χ3n) is 5.29. The SMILES string of the molecule is O[C@@H]1[C@@H](O)[C@H](O)O[C@H](CO[C@@H]2OC[C@H](O)[C@H](O)[C@H]2O[C@@H]2OC[C@@H](O)[C@H](O)[C@H]2O)[C@H]1O. The largest absolute Gasteiger partial charge is 0.388 e. The van der Waals surface area contributed by atoms with Crippen LogP contribution in [0.25, 0.3) is 0 Å². The van der Waals surface area contributed by atoms with Crippen molar-refractivity contribution < 1.29 is 69.6 Å². The van der Waals surface area contributed by atoms with Gasteiger partial charge in [-0.15, -0.1) is 0 Å². The van der Waals surface area contributed by atoms with Gasteiger partial charge >= 0.3 is 0 Å². The third-order valence-corrected chi connectivity index (χ3v) is 5.29. The summed E-state index contributed by atoms with van der Waals surface area (Å²) in [6.07, 6.45) is -19.9. The van der Waals surface area contributed by atoms with E-state index in [2.05, 4.69) is 0 Å². The first-order valence-corrected chi connectivity index (χ1v) is 9.40. The van der Waals surface area contributed by atoms with E-state index >= 15 is 0 Å². The van der Waals surface area contributed by atoms with Gasteiger partial charge in [0.05, 0.1) is 19.8 Å². The van der Waals surface area contributed by atoms with Crippen LogP contribution in [0.2, 0.25) is 0 Å². The van der Waals surface area contributed by atoms with E-state index < -0.39 is 86.5 Å². The van der Waals surface area contributed by atoms with Gasteiger partial charge in [0.25, 0.3) is 0 Å². The van der Waals surface area contributed by atoms with Crippen molar-refractivity contribution in [2.75, 3.05) is 19.8 Å². The van der Waals surface area contributed by atoms with Gasteiger partial charge in [-0.25, -0.2) is 0 Å². The smallest absolute Gasteiger partial charge is 0.186 e. The third kappa shape index (κ3) is 4.92. The van der Waals surface area contributed by atoms with Gasteiger partial charge in [-0.05, 0) is 0 Å². The average Bonchev–Trinajstić information content (AvgIpc) is 2.72. The molecule has 3 rings (SSSR count). The number of aliphatic hydroxyl groups excluding tert-OH is 9. The van der Waals surface area contributed by atoms with Crippen molar-refractivity contribution in [3.8, 4) is 0 Å². The maximum atomic E-state index is 10.3. The minimum atomic E-state index is -1.78. The average molecular weight is 444 g/mol. The number of hydrogen-bond acceptors (Lipinski definition) is 14. The molecule has 0 amide bonds. The Morgan fingerprint density at radius 2 is 1.23 bits per heavy atom. The molecule has 3 aliphatic heterocycles. The van der Waals surface area contributed by atoms with Crippen LogP contribution in [0.1, 0.15) is 0 Å². The second-order valence-electron chi connectivity index (χ2n) is 7.48. The van der Waals surface area contributed by atoms with E-state index in [9.17, 15) is 46.0 Å². The van der Waals surface area contributed by atoms with E-state index in [1.54, 1.807) is 0 Å². The van der Waals surface area contributed by atoms with E-state index in [0.29, 0.717) is 0 Å². The van der Waals surface area contributed by atoms with Gasteiger partial charge in [-0.3, -0.25) is 0 Å². The fourth-order valence-corrected chi connectivity index (χ4v) is 3.37. The van der Waals surface area contributed by atoms with Crippen LogP contribution in [-0.2, 0) is 23.7 Å². The molecule has 0 aromatic heterocycles. The van der Waals surface area contributed by atoms with Crippen LogP contribution in [-0.4, -0.2) is 146 Å². The molecule has 3 saturated heterocycles. The first-order valence-electron chi connectivity index (χ1n) is 9.40. The van der Waals surface area contributed by atoms with Crippen LogP contribution >= 0.6 is 0 Å². The van der Waals surface area contributed by atoms with E-state index in [1.165, 1.54) is 0 Å². The van der Waals surface area contributed by atoms with Gasteiger partial charge in [0.1, 0.15) is 61.0 Å². The lowest BCUT2D eigenvalue weighted by Gasteiger charge is -2.43. The summed E-state index contributed by atoms with van der Waals surface area (Å²) in [5.41, 5.74) is 0. The molecule has 0 bridgehead atoms. The summed E-state index contributed by atoms with van der Waals surface area (Å²) in [5, 5.41) is 88.2. The Kier molecular flexibility index (Phi) is 7.97. The molecule has 3 aliphatic rings. The molecule has 3 heterocycles. The summed E-state index contributed by atoms with van der Waals surface area (Å²) >= 11 is 0. The standard InChI is InChI=1S/C16H28O14/c17-4-1-26-15(12(24)7(4)19)30-13-8(20)5(18)2-27-16(13)28-3-6-9(21)10(22)11(23)14(25)29-6/h4-25H,1-3H2/t4-,5+,6-,7+,8+,9-,10+,11-,12-,13-,14-,15+,16+/m1/s1. The summed E-state index contributed by atoms with van der Waals surface area (Å²) in [7, 11) is 0. The lowest BCUT2D eigenvalue weighted by molar-refractivity contribution is -0.351. The number of rotatable bonds is 5. The maximum Gasteiger partial charge on any atom is 0.186 e. The van der Waals surface area contributed by atoms with Gasteiger partial charge in [0.2, 0.25) is 0 Å². The molecule has 9 N–H and O–H groups in total. The number of ether oxygens (including phenoxy) is 5. The molecule has 176 valence electrons. The summed E-state index contributed by atoms with van der Waals surface area (Å²) < 4.78 is 26.2. The molecule has 30 heavy (non-hydrogen) atoms. The molecule has 0 unspecified atom stereocenters. The van der Waals surface area contributed by atoms with Crippen LogP contribution in [0.4, 0.5) is 0 Å². The summed E-state index contributed by atoms with van der Waals surface area (Å²) in [6, 6.07) is 0. The zero-order valence-electron chi connectivity index (χ0n) is 15.7. The highest BCUT2D eigenvalue weighted by molar-refractivity contribution is 4.91. The highest BCUT2D eigenvalue weighted by Crippen LogP contribution is 2.27. The van der Waals surface area contributed by atoms with Crippen molar-refractivity contribution in [1.82, 2.24) is 0 Å².